The first-order valence-electron chi connectivity index (χ1n) is 6.88. The lowest BCUT2D eigenvalue weighted by molar-refractivity contribution is -0.0214. The maximum absolute atomic E-state index is 5.80. The lowest BCUT2D eigenvalue weighted by Gasteiger charge is -2.40. The van der Waals surface area contributed by atoms with Crippen molar-refractivity contribution in [3.05, 3.63) is 36.5 Å². The van der Waals surface area contributed by atoms with Crippen LogP contribution < -0.4 is 0 Å². The van der Waals surface area contributed by atoms with Crippen LogP contribution in [0.1, 0.15) is 33.6 Å². The summed E-state index contributed by atoms with van der Waals surface area (Å²) in [6, 6.07) is 0. The third-order valence-electron chi connectivity index (χ3n) is 3.36. The van der Waals surface area contributed by atoms with Gasteiger partial charge in [-0.3, -0.25) is 0 Å². The van der Waals surface area contributed by atoms with Crippen molar-refractivity contribution in [2.45, 2.75) is 39.2 Å². The molecular weight excluding hydrogens is 222 g/mol. The van der Waals surface area contributed by atoms with E-state index in [1.165, 1.54) is 5.57 Å². The van der Waals surface area contributed by atoms with Gasteiger partial charge in [0.05, 0.1) is 5.60 Å². The molecule has 1 heterocycles. The molecule has 1 aliphatic heterocycles. The Balaban J connectivity index is 0.00000137. The highest BCUT2D eigenvalue weighted by Crippen LogP contribution is 2.33. The van der Waals surface area contributed by atoms with Gasteiger partial charge >= 0.3 is 0 Å². The quantitative estimate of drug-likeness (QED) is 0.704. The van der Waals surface area contributed by atoms with E-state index in [2.05, 4.69) is 36.8 Å². The summed E-state index contributed by atoms with van der Waals surface area (Å²) >= 11 is 0. The minimum atomic E-state index is -0.118. The van der Waals surface area contributed by atoms with Crippen molar-refractivity contribution in [1.82, 2.24) is 4.90 Å². The molecule has 0 spiro atoms. The largest absolute Gasteiger partial charge is 0.373 e. The standard InChI is InChI=1S/C14H23NO.C2H6/c1-5-7-13(8-6-2)14(16-4)9-11-15(3)12-10-14;1-2/h5-8H,1,9-12H2,2-4H3;1-2H3/b8-6-,13-7?;. The second kappa shape index (κ2) is 9.12. The van der Waals surface area contributed by atoms with Gasteiger partial charge in [0, 0.05) is 20.2 Å². The van der Waals surface area contributed by atoms with E-state index in [0.29, 0.717) is 0 Å². The number of likely N-dealkylation sites (tertiary alicyclic amines) is 1. The molecule has 0 saturated carbocycles. The first-order chi connectivity index (χ1) is 8.68. The van der Waals surface area contributed by atoms with Gasteiger partial charge in [-0.25, -0.2) is 0 Å². The van der Waals surface area contributed by atoms with Crippen molar-refractivity contribution in [3.63, 3.8) is 0 Å². The van der Waals surface area contributed by atoms with Gasteiger partial charge < -0.3 is 9.64 Å². The first-order valence-corrected chi connectivity index (χ1v) is 6.88. The minimum absolute atomic E-state index is 0.118. The summed E-state index contributed by atoms with van der Waals surface area (Å²) in [5, 5.41) is 0. The van der Waals surface area contributed by atoms with Crippen LogP contribution in [0.15, 0.2) is 36.5 Å². The maximum Gasteiger partial charge on any atom is 0.0951 e. The Morgan fingerprint density at radius 3 is 2.22 bits per heavy atom. The fourth-order valence-electron chi connectivity index (χ4n) is 2.26. The molecule has 1 aliphatic rings. The zero-order chi connectivity index (χ0) is 14.0. The lowest BCUT2D eigenvalue weighted by atomic mass is 9.83. The van der Waals surface area contributed by atoms with E-state index in [0.717, 1.165) is 25.9 Å². The number of ether oxygens (including phenoxy) is 1. The summed E-state index contributed by atoms with van der Waals surface area (Å²) in [6.07, 6.45) is 10.2. The molecule has 0 amide bonds. The highest BCUT2D eigenvalue weighted by atomic mass is 16.5. The van der Waals surface area contributed by atoms with Gasteiger partial charge in [-0.1, -0.05) is 44.7 Å². The third-order valence-corrected chi connectivity index (χ3v) is 3.36. The van der Waals surface area contributed by atoms with Crippen LogP contribution in [0.2, 0.25) is 0 Å². The fourth-order valence-corrected chi connectivity index (χ4v) is 2.26. The van der Waals surface area contributed by atoms with Crippen LogP contribution in [-0.2, 0) is 4.74 Å². The van der Waals surface area contributed by atoms with Crippen molar-refractivity contribution in [3.8, 4) is 0 Å². The SMILES string of the molecule is C=CC=C(/C=C\C)C1(OC)CCN(C)CC1.CC. The van der Waals surface area contributed by atoms with Crippen LogP contribution in [-0.4, -0.2) is 37.7 Å². The van der Waals surface area contributed by atoms with Gasteiger partial charge in [-0.15, -0.1) is 0 Å². The number of allylic oxidation sites excluding steroid dienone is 3. The van der Waals surface area contributed by atoms with Gasteiger partial charge in [0.25, 0.3) is 0 Å². The average molecular weight is 251 g/mol. The van der Waals surface area contributed by atoms with E-state index in [1.807, 2.05) is 34.0 Å². The smallest absolute Gasteiger partial charge is 0.0951 e. The molecule has 1 rings (SSSR count). The van der Waals surface area contributed by atoms with Crippen LogP contribution in [0.3, 0.4) is 0 Å². The van der Waals surface area contributed by atoms with E-state index >= 15 is 0 Å². The molecule has 1 fully saturated rings. The predicted molar refractivity (Wildman–Crippen MR) is 80.9 cm³/mol. The first kappa shape index (κ1) is 17.1. The summed E-state index contributed by atoms with van der Waals surface area (Å²) in [5.74, 6) is 0. The highest BCUT2D eigenvalue weighted by molar-refractivity contribution is 5.33. The zero-order valence-electron chi connectivity index (χ0n) is 12.7. The molecule has 0 aromatic heterocycles. The highest BCUT2D eigenvalue weighted by Gasteiger charge is 2.35. The summed E-state index contributed by atoms with van der Waals surface area (Å²) < 4.78 is 5.80. The van der Waals surface area contributed by atoms with Crippen LogP contribution in [0.4, 0.5) is 0 Å². The molecule has 18 heavy (non-hydrogen) atoms. The lowest BCUT2D eigenvalue weighted by Crippen LogP contribution is -2.45. The summed E-state index contributed by atoms with van der Waals surface area (Å²) in [5.41, 5.74) is 1.12. The molecule has 0 N–H and O–H groups in total. The Morgan fingerprint density at radius 2 is 1.83 bits per heavy atom. The zero-order valence-corrected chi connectivity index (χ0v) is 12.7. The van der Waals surface area contributed by atoms with Crippen LogP contribution >= 0.6 is 0 Å². The van der Waals surface area contributed by atoms with E-state index < -0.39 is 0 Å². The van der Waals surface area contributed by atoms with Gasteiger partial charge in [0.1, 0.15) is 0 Å². The molecule has 1 saturated heterocycles. The van der Waals surface area contributed by atoms with E-state index in [4.69, 9.17) is 4.74 Å². The summed E-state index contributed by atoms with van der Waals surface area (Å²) in [4.78, 5) is 2.35. The van der Waals surface area contributed by atoms with Gasteiger partial charge in [-0.2, -0.15) is 0 Å². The molecule has 0 bridgehead atoms. The Morgan fingerprint density at radius 1 is 1.28 bits per heavy atom. The predicted octanol–water partition coefficient (Wildman–Crippen LogP) is 3.81. The van der Waals surface area contributed by atoms with Crippen LogP contribution in [0, 0.1) is 0 Å². The maximum atomic E-state index is 5.80. The molecule has 0 aliphatic carbocycles. The number of nitrogens with zero attached hydrogens (tertiary/aromatic N) is 1. The molecule has 2 heteroatoms. The fraction of sp³-hybridized carbons (Fsp3) is 0.625. The average Bonchev–Trinajstić information content (AvgIpc) is 2.42. The van der Waals surface area contributed by atoms with Gasteiger partial charge in [0.15, 0.2) is 0 Å². The Bertz CT molecular complexity index is 283. The molecule has 0 aromatic carbocycles. The van der Waals surface area contributed by atoms with Crippen molar-refractivity contribution >= 4 is 0 Å². The van der Waals surface area contributed by atoms with Crippen molar-refractivity contribution in [2.75, 3.05) is 27.2 Å². The second-order valence-corrected chi connectivity index (χ2v) is 4.36. The Kier molecular flexibility index (Phi) is 8.69. The molecule has 0 aromatic rings. The summed E-state index contributed by atoms with van der Waals surface area (Å²) in [6.45, 7) is 12.0. The normalized spacial score (nSPS) is 20.4. The number of hydrogen-bond acceptors (Lipinski definition) is 2. The van der Waals surface area contributed by atoms with Crippen LogP contribution in [0.5, 0.6) is 0 Å². The number of hydrogen-bond donors (Lipinski definition) is 0. The topological polar surface area (TPSA) is 12.5 Å². The Labute approximate surface area is 113 Å². The molecule has 104 valence electrons. The number of methoxy groups -OCH3 is 1. The summed E-state index contributed by atoms with van der Waals surface area (Å²) in [7, 11) is 3.97. The molecular formula is C16H29NO. The van der Waals surface area contributed by atoms with Crippen molar-refractivity contribution in [2.24, 2.45) is 0 Å². The van der Waals surface area contributed by atoms with Crippen molar-refractivity contribution < 1.29 is 4.74 Å². The van der Waals surface area contributed by atoms with E-state index in [1.54, 1.807) is 0 Å². The van der Waals surface area contributed by atoms with Gasteiger partial charge in [-0.05, 0) is 32.4 Å². The van der Waals surface area contributed by atoms with E-state index in [9.17, 15) is 0 Å². The van der Waals surface area contributed by atoms with Gasteiger partial charge in [0.2, 0.25) is 0 Å². The van der Waals surface area contributed by atoms with E-state index in [-0.39, 0.29) is 5.60 Å². The van der Waals surface area contributed by atoms with Crippen molar-refractivity contribution in [1.29, 1.82) is 0 Å². The molecule has 0 radical (unpaired) electrons. The molecule has 0 unspecified atom stereocenters. The molecule has 2 nitrogen and oxygen atoms in total. The minimum Gasteiger partial charge on any atom is -0.373 e. The molecule has 0 atom stereocenters. The van der Waals surface area contributed by atoms with Crippen LogP contribution in [0.25, 0.3) is 0 Å². The third kappa shape index (κ3) is 4.43. The second-order valence-electron chi connectivity index (χ2n) is 4.36. The monoisotopic (exact) mass is 251 g/mol. The number of piperidine rings is 1. The number of rotatable bonds is 4. The Hall–Kier alpha value is -0.860.